The Morgan fingerprint density at radius 3 is 2.39 bits per heavy atom. The molecule has 0 bridgehead atoms. The maximum absolute atomic E-state index is 12.2. The van der Waals surface area contributed by atoms with Crippen molar-refractivity contribution in [3.05, 3.63) is 60.2 Å². The molecule has 122 valence electrons. The Morgan fingerprint density at radius 2 is 1.78 bits per heavy atom. The summed E-state index contributed by atoms with van der Waals surface area (Å²) < 4.78 is 5.11. The van der Waals surface area contributed by atoms with Crippen LogP contribution >= 0.6 is 0 Å². The van der Waals surface area contributed by atoms with Gasteiger partial charge in [-0.15, -0.1) is 0 Å². The normalized spacial score (nSPS) is 10.6. The molecule has 1 N–H and O–H groups in total. The van der Waals surface area contributed by atoms with Gasteiger partial charge in [0.15, 0.2) is 0 Å². The second-order valence-corrected chi connectivity index (χ2v) is 5.38. The molecule has 0 atom stereocenters. The Labute approximate surface area is 138 Å². The number of ether oxygens (including phenoxy) is 1. The Morgan fingerprint density at radius 1 is 1.09 bits per heavy atom. The smallest absolute Gasteiger partial charge is 0.238 e. The monoisotopic (exact) mass is 312 g/mol. The van der Waals surface area contributed by atoms with Crippen molar-refractivity contribution in [2.45, 2.75) is 13.3 Å². The summed E-state index contributed by atoms with van der Waals surface area (Å²) in [6.45, 7) is 4.19. The van der Waals surface area contributed by atoms with Gasteiger partial charge >= 0.3 is 0 Å². The molecule has 0 spiro atoms. The molecule has 0 unspecified atom stereocenters. The van der Waals surface area contributed by atoms with Crippen LogP contribution in [0.3, 0.4) is 0 Å². The highest BCUT2D eigenvalue weighted by Gasteiger charge is 2.09. The molecule has 0 aliphatic heterocycles. The number of methoxy groups -OCH3 is 1. The van der Waals surface area contributed by atoms with Gasteiger partial charge in [0.2, 0.25) is 5.91 Å². The molecule has 0 saturated heterocycles. The fraction of sp³-hybridized carbons (Fsp3) is 0.316. The van der Waals surface area contributed by atoms with Crippen LogP contribution in [0, 0.1) is 0 Å². The van der Waals surface area contributed by atoms with Gasteiger partial charge in [0.05, 0.1) is 13.7 Å². The second-order valence-electron chi connectivity index (χ2n) is 5.38. The van der Waals surface area contributed by atoms with Crippen LogP contribution < -0.4 is 10.1 Å². The second kappa shape index (κ2) is 8.96. The van der Waals surface area contributed by atoms with E-state index < -0.39 is 0 Å². The summed E-state index contributed by atoms with van der Waals surface area (Å²) >= 11 is 0. The van der Waals surface area contributed by atoms with E-state index >= 15 is 0 Å². The van der Waals surface area contributed by atoms with Crippen LogP contribution in [-0.2, 0) is 11.2 Å². The number of rotatable bonds is 8. The number of carbonyl (C=O) groups is 1. The molecule has 0 heterocycles. The van der Waals surface area contributed by atoms with E-state index in [4.69, 9.17) is 4.74 Å². The number of anilines is 1. The first-order valence-electron chi connectivity index (χ1n) is 7.91. The quantitative estimate of drug-likeness (QED) is 0.814. The van der Waals surface area contributed by atoms with Crippen LogP contribution in [0.5, 0.6) is 5.75 Å². The first-order chi connectivity index (χ1) is 11.2. The van der Waals surface area contributed by atoms with Crippen LogP contribution in [0.4, 0.5) is 5.69 Å². The SMILES string of the molecule is CCN(CCc1ccccc1)CC(=O)Nc1ccc(OC)cc1. The van der Waals surface area contributed by atoms with E-state index in [0.717, 1.165) is 30.9 Å². The minimum atomic E-state index is 0.00470. The minimum absolute atomic E-state index is 0.00470. The minimum Gasteiger partial charge on any atom is -0.497 e. The van der Waals surface area contributed by atoms with E-state index in [2.05, 4.69) is 29.3 Å². The van der Waals surface area contributed by atoms with Crippen molar-refractivity contribution in [2.24, 2.45) is 0 Å². The molecule has 23 heavy (non-hydrogen) atoms. The van der Waals surface area contributed by atoms with Crippen LogP contribution in [0.1, 0.15) is 12.5 Å². The van der Waals surface area contributed by atoms with E-state index in [9.17, 15) is 4.79 Å². The number of likely N-dealkylation sites (N-methyl/N-ethyl adjacent to an activating group) is 1. The fourth-order valence-electron chi connectivity index (χ4n) is 2.36. The zero-order valence-electron chi connectivity index (χ0n) is 13.8. The molecule has 0 saturated carbocycles. The summed E-state index contributed by atoms with van der Waals surface area (Å²) in [5, 5.41) is 2.92. The number of carbonyl (C=O) groups excluding carboxylic acids is 1. The molecule has 0 radical (unpaired) electrons. The van der Waals surface area contributed by atoms with Crippen molar-refractivity contribution in [1.29, 1.82) is 0 Å². The highest BCUT2D eigenvalue weighted by atomic mass is 16.5. The number of hydrogen-bond donors (Lipinski definition) is 1. The van der Waals surface area contributed by atoms with E-state index in [1.165, 1.54) is 5.56 Å². The summed E-state index contributed by atoms with van der Waals surface area (Å²) in [6, 6.07) is 17.7. The molecule has 4 heteroatoms. The standard InChI is InChI=1S/C19H24N2O2/c1-3-21(14-13-16-7-5-4-6-8-16)15-19(22)20-17-9-11-18(23-2)12-10-17/h4-12H,3,13-15H2,1-2H3,(H,20,22). The lowest BCUT2D eigenvalue weighted by Crippen LogP contribution is -2.34. The van der Waals surface area contributed by atoms with Gasteiger partial charge in [0.25, 0.3) is 0 Å². The first-order valence-corrected chi connectivity index (χ1v) is 7.91. The van der Waals surface area contributed by atoms with Crippen molar-refractivity contribution in [2.75, 3.05) is 32.1 Å². The third kappa shape index (κ3) is 5.75. The summed E-state index contributed by atoms with van der Waals surface area (Å²) in [5.41, 5.74) is 2.08. The zero-order chi connectivity index (χ0) is 16.5. The van der Waals surface area contributed by atoms with Gasteiger partial charge in [0, 0.05) is 12.2 Å². The molecular formula is C19H24N2O2. The summed E-state index contributed by atoms with van der Waals surface area (Å²) in [5.74, 6) is 0.783. The Hall–Kier alpha value is -2.33. The number of benzene rings is 2. The molecule has 1 amide bonds. The van der Waals surface area contributed by atoms with Gasteiger partial charge in [-0.1, -0.05) is 37.3 Å². The first kappa shape index (κ1) is 17.0. The Balaban J connectivity index is 1.81. The summed E-state index contributed by atoms with van der Waals surface area (Å²) in [7, 11) is 1.62. The van der Waals surface area contributed by atoms with Crippen LogP contribution in [-0.4, -0.2) is 37.6 Å². The van der Waals surface area contributed by atoms with E-state index in [1.807, 2.05) is 42.5 Å². The number of nitrogens with one attached hydrogen (secondary N) is 1. The van der Waals surface area contributed by atoms with Crippen LogP contribution in [0.2, 0.25) is 0 Å². The lowest BCUT2D eigenvalue weighted by atomic mass is 10.1. The molecule has 0 aliphatic rings. The average Bonchev–Trinajstić information content (AvgIpc) is 2.60. The maximum Gasteiger partial charge on any atom is 0.238 e. The molecule has 4 nitrogen and oxygen atoms in total. The van der Waals surface area contributed by atoms with Gasteiger partial charge in [-0.2, -0.15) is 0 Å². The third-order valence-corrected chi connectivity index (χ3v) is 3.75. The van der Waals surface area contributed by atoms with Gasteiger partial charge in [0.1, 0.15) is 5.75 Å². The zero-order valence-corrected chi connectivity index (χ0v) is 13.8. The van der Waals surface area contributed by atoms with Crippen molar-refractivity contribution in [1.82, 2.24) is 4.90 Å². The average molecular weight is 312 g/mol. The fourth-order valence-corrected chi connectivity index (χ4v) is 2.36. The number of hydrogen-bond acceptors (Lipinski definition) is 3. The number of amides is 1. The molecule has 2 aromatic rings. The third-order valence-electron chi connectivity index (χ3n) is 3.75. The van der Waals surface area contributed by atoms with E-state index in [0.29, 0.717) is 6.54 Å². The predicted molar refractivity (Wildman–Crippen MR) is 93.9 cm³/mol. The molecule has 0 aromatic heterocycles. The summed E-state index contributed by atoms with van der Waals surface area (Å²) in [4.78, 5) is 14.3. The largest absolute Gasteiger partial charge is 0.497 e. The van der Waals surface area contributed by atoms with Gasteiger partial charge in [-0.25, -0.2) is 0 Å². The van der Waals surface area contributed by atoms with Gasteiger partial charge < -0.3 is 10.1 Å². The molecule has 2 aromatic carbocycles. The predicted octanol–water partition coefficient (Wildman–Crippen LogP) is 3.20. The Bertz CT molecular complexity index is 597. The van der Waals surface area contributed by atoms with Crippen LogP contribution in [0.25, 0.3) is 0 Å². The maximum atomic E-state index is 12.2. The van der Waals surface area contributed by atoms with Crippen LogP contribution in [0.15, 0.2) is 54.6 Å². The lowest BCUT2D eigenvalue weighted by Gasteiger charge is -2.20. The highest BCUT2D eigenvalue weighted by molar-refractivity contribution is 5.92. The Kier molecular flexibility index (Phi) is 6.63. The van der Waals surface area contributed by atoms with Gasteiger partial charge in [-0.05, 0) is 42.8 Å². The topological polar surface area (TPSA) is 41.6 Å². The highest BCUT2D eigenvalue weighted by Crippen LogP contribution is 2.14. The van der Waals surface area contributed by atoms with E-state index in [1.54, 1.807) is 7.11 Å². The van der Waals surface area contributed by atoms with Crippen molar-refractivity contribution < 1.29 is 9.53 Å². The van der Waals surface area contributed by atoms with E-state index in [-0.39, 0.29) is 5.91 Å². The number of nitrogens with zero attached hydrogens (tertiary/aromatic N) is 1. The molecular weight excluding hydrogens is 288 g/mol. The molecule has 0 aliphatic carbocycles. The van der Waals surface area contributed by atoms with Crippen molar-refractivity contribution >= 4 is 11.6 Å². The van der Waals surface area contributed by atoms with Crippen molar-refractivity contribution in [3.63, 3.8) is 0 Å². The van der Waals surface area contributed by atoms with Gasteiger partial charge in [-0.3, -0.25) is 9.69 Å². The summed E-state index contributed by atoms with van der Waals surface area (Å²) in [6.07, 6.45) is 0.949. The lowest BCUT2D eigenvalue weighted by molar-refractivity contribution is -0.117. The molecule has 0 fully saturated rings. The molecule has 2 rings (SSSR count). The van der Waals surface area contributed by atoms with Crippen molar-refractivity contribution in [3.8, 4) is 5.75 Å².